The van der Waals surface area contributed by atoms with Gasteiger partial charge in [0.15, 0.2) is 9.84 Å². The second-order valence-electron chi connectivity index (χ2n) is 2.20. The molecule has 0 aromatic heterocycles. The lowest BCUT2D eigenvalue weighted by Gasteiger charge is -1.93. The first-order valence-corrected chi connectivity index (χ1v) is 4.88. The van der Waals surface area contributed by atoms with Crippen LogP contribution in [-0.4, -0.2) is 19.9 Å². The van der Waals surface area contributed by atoms with Crippen molar-refractivity contribution in [3.8, 4) is 0 Å². The van der Waals surface area contributed by atoms with Crippen LogP contribution in [0.2, 0.25) is 0 Å². The molecule has 0 N–H and O–H groups in total. The van der Waals surface area contributed by atoms with Crippen molar-refractivity contribution in [2.24, 2.45) is 0 Å². The van der Waals surface area contributed by atoms with Gasteiger partial charge in [-0.25, -0.2) is 8.42 Å². The van der Waals surface area contributed by atoms with Gasteiger partial charge in [-0.05, 0) is 12.8 Å². The highest BCUT2D eigenvalue weighted by molar-refractivity contribution is 7.91. The molecule has 1 aliphatic rings. The lowest BCUT2D eigenvalue weighted by Crippen LogP contribution is -2.07. The summed E-state index contributed by atoms with van der Waals surface area (Å²) in [5.41, 5.74) is 0. The molecule has 3 heteroatoms. The summed E-state index contributed by atoms with van der Waals surface area (Å²) in [6.07, 6.45) is 5.26. The minimum atomic E-state index is -2.68. The Hall–Kier alpha value is -0.310. The van der Waals surface area contributed by atoms with E-state index in [1.807, 2.05) is 12.2 Å². The fourth-order valence-electron chi connectivity index (χ4n) is 0.833. The van der Waals surface area contributed by atoms with Gasteiger partial charge in [-0.2, -0.15) is 0 Å². The van der Waals surface area contributed by atoms with Gasteiger partial charge in [0.05, 0.1) is 11.5 Å². The smallest absolute Gasteiger partial charge is 0.150 e. The maximum Gasteiger partial charge on any atom is 0.150 e. The third-order valence-corrected chi connectivity index (χ3v) is 3.07. The van der Waals surface area contributed by atoms with Crippen LogP contribution in [0.4, 0.5) is 0 Å². The molecule has 1 aliphatic heterocycles. The third-order valence-electron chi connectivity index (χ3n) is 1.36. The second kappa shape index (κ2) is 2.52. The lowest BCUT2D eigenvalue weighted by molar-refractivity contribution is 0.596. The molecule has 0 aromatic carbocycles. The zero-order valence-electron chi connectivity index (χ0n) is 5.21. The van der Waals surface area contributed by atoms with E-state index < -0.39 is 9.84 Å². The molecule has 2 nitrogen and oxygen atoms in total. The van der Waals surface area contributed by atoms with Crippen molar-refractivity contribution in [1.29, 1.82) is 0 Å². The van der Waals surface area contributed by atoms with E-state index in [4.69, 9.17) is 0 Å². The van der Waals surface area contributed by atoms with Crippen molar-refractivity contribution in [2.75, 3.05) is 11.5 Å². The largest absolute Gasteiger partial charge is 0.229 e. The highest BCUT2D eigenvalue weighted by Crippen LogP contribution is 2.03. The Kier molecular flexibility index (Phi) is 1.90. The summed E-state index contributed by atoms with van der Waals surface area (Å²) in [6.45, 7) is 0. The van der Waals surface area contributed by atoms with E-state index in [1.165, 1.54) is 0 Å². The Labute approximate surface area is 55.5 Å². The highest BCUT2D eigenvalue weighted by Gasteiger charge is 2.09. The SMILES string of the molecule is O=S1(=O)CCC=CCC1. The second-order valence-corrected chi connectivity index (χ2v) is 4.50. The molecule has 0 fully saturated rings. The van der Waals surface area contributed by atoms with Crippen LogP contribution in [0.15, 0.2) is 12.2 Å². The Morgan fingerprint density at radius 3 is 1.89 bits per heavy atom. The number of hydrogen-bond acceptors (Lipinski definition) is 2. The number of allylic oxidation sites excluding steroid dienone is 2. The van der Waals surface area contributed by atoms with Crippen LogP contribution in [-0.2, 0) is 9.84 Å². The summed E-state index contributed by atoms with van der Waals surface area (Å²) in [7, 11) is -2.68. The fourth-order valence-corrected chi connectivity index (χ4v) is 2.03. The van der Waals surface area contributed by atoms with Crippen molar-refractivity contribution in [1.82, 2.24) is 0 Å². The molecule has 0 aliphatic carbocycles. The minimum Gasteiger partial charge on any atom is -0.229 e. The Morgan fingerprint density at radius 1 is 1.00 bits per heavy atom. The molecule has 52 valence electrons. The molecule has 0 spiro atoms. The van der Waals surface area contributed by atoms with Gasteiger partial charge in [-0.1, -0.05) is 12.2 Å². The van der Waals surface area contributed by atoms with Crippen molar-refractivity contribution in [2.45, 2.75) is 12.8 Å². The summed E-state index contributed by atoms with van der Waals surface area (Å²) >= 11 is 0. The average molecular weight is 146 g/mol. The first kappa shape index (κ1) is 6.81. The molecule has 0 saturated carbocycles. The molecule has 0 atom stereocenters. The highest BCUT2D eigenvalue weighted by atomic mass is 32.2. The normalized spacial score (nSPS) is 25.3. The van der Waals surface area contributed by atoms with Gasteiger partial charge in [0.25, 0.3) is 0 Å². The van der Waals surface area contributed by atoms with Crippen LogP contribution in [0.1, 0.15) is 12.8 Å². The summed E-state index contributed by atoms with van der Waals surface area (Å²) < 4.78 is 21.7. The maximum atomic E-state index is 10.8. The monoisotopic (exact) mass is 146 g/mol. The third kappa shape index (κ3) is 2.18. The molecule has 1 heterocycles. The van der Waals surface area contributed by atoms with Crippen LogP contribution in [0.5, 0.6) is 0 Å². The molecule has 0 saturated heterocycles. The van der Waals surface area contributed by atoms with E-state index >= 15 is 0 Å². The fraction of sp³-hybridized carbons (Fsp3) is 0.667. The summed E-state index contributed by atoms with van der Waals surface area (Å²) in [4.78, 5) is 0. The zero-order valence-corrected chi connectivity index (χ0v) is 6.02. The van der Waals surface area contributed by atoms with E-state index in [2.05, 4.69) is 0 Å². The van der Waals surface area contributed by atoms with Gasteiger partial charge >= 0.3 is 0 Å². The van der Waals surface area contributed by atoms with Crippen LogP contribution >= 0.6 is 0 Å². The number of sulfone groups is 1. The quantitative estimate of drug-likeness (QED) is 0.473. The lowest BCUT2D eigenvalue weighted by atomic mass is 10.4. The topological polar surface area (TPSA) is 34.1 Å². The van der Waals surface area contributed by atoms with Crippen molar-refractivity contribution in [3.05, 3.63) is 12.2 Å². The molecular weight excluding hydrogens is 136 g/mol. The van der Waals surface area contributed by atoms with E-state index in [0.29, 0.717) is 24.3 Å². The van der Waals surface area contributed by atoms with Crippen molar-refractivity contribution in [3.63, 3.8) is 0 Å². The van der Waals surface area contributed by atoms with E-state index in [-0.39, 0.29) is 0 Å². The van der Waals surface area contributed by atoms with E-state index in [0.717, 1.165) is 0 Å². The first-order chi connectivity index (χ1) is 4.21. The molecule has 0 bridgehead atoms. The minimum absolute atomic E-state index is 0.337. The molecule has 0 amide bonds. The molecule has 0 unspecified atom stereocenters. The van der Waals surface area contributed by atoms with E-state index in [9.17, 15) is 8.42 Å². The zero-order chi connectivity index (χ0) is 6.74. The number of rotatable bonds is 0. The van der Waals surface area contributed by atoms with Gasteiger partial charge in [0, 0.05) is 0 Å². The predicted octanol–water partition coefficient (Wildman–Crippen LogP) is 0.751. The average Bonchev–Trinajstić information content (AvgIpc) is 1.92. The molecule has 0 radical (unpaired) electrons. The number of hydrogen-bond donors (Lipinski definition) is 0. The molecule has 0 aromatic rings. The van der Waals surface area contributed by atoms with Gasteiger partial charge in [0.2, 0.25) is 0 Å². The molecular formula is C6H10O2S. The van der Waals surface area contributed by atoms with Gasteiger partial charge in [0.1, 0.15) is 0 Å². The Balaban J connectivity index is 2.66. The molecule has 1 rings (SSSR count). The Bertz CT molecular complexity index is 185. The van der Waals surface area contributed by atoms with Gasteiger partial charge < -0.3 is 0 Å². The van der Waals surface area contributed by atoms with Crippen LogP contribution < -0.4 is 0 Å². The standard InChI is InChI=1S/C6H10O2S/c7-9(8)5-3-1-2-4-6-9/h1-2H,3-6H2. The maximum absolute atomic E-state index is 10.8. The molecule has 9 heavy (non-hydrogen) atoms. The van der Waals surface area contributed by atoms with E-state index in [1.54, 1.807) is 0 Å². The predicted molar refractivity (Wildman–Crippen MR) is 37.0 cm³/mol. The summed E-state index contributed by atoms with van der Waals surface area (Å²) in [5.74, 6) is 0.674. The van der Waals surface area contributed by atoms with Crippen molar-refractivity contribution >= 4 is 9.84 Å². The Morgan fingerprint density at radius 2 is 1.44 bits per heavy atom. The van der Waals surface area contributed by atoms with Gasteiger partial charge in [-0.3, -0.25) is 0 Å². The first-order valence-electron chi connectivity index (χ1n) is 3.06. The summed E-state index contributed by atoms with van der Waals surface area (Å²) in [6, 6.07) is 0. The van der Waals surface area contributed by atoms with Crippen LogP contribution in [0, 0.1) is 0 Å². The van der Waals surface area contributed by atoms with Crippen LogP contribution in [0.25, 0.3) is 0 Å². The van der Waals surface area contributed by atoms with Crippen LogP contribution in [0.3, 0.4) is 0 Å². The summed E-state index contributed by atoms with van der Waals surface area (Å²) in [5, 5.41) is 0. The van der Waals surface area contributed by atoms with Gasteiger partial charge in [-0.15, -0.1) is 0 Å². The van der Waals surface area contributed by atoms with Crippen molar-refractivity contribution < 1.29 is 8.42 Å².